The minimum atomic E-state index is -0.982. The summed E-state index contributed by atoms with van der Waals surface area (Å²) in [6, 6.07) is -3.60. The minimum Gasteiger partial charge on any atom is -0.344 e. The smallest absolute Gasteiger partial charge is 0.268 e. The van der Waals surface area contributed by atoms with Gasteiger partial charge in [0.15, 0.2) is 0 Å². The highest BCUT2D eigenvalue weighted by Gasteiger charge is 2.29. The van der Waals surface area contributed by atoms with Crippen LogP contribution in [0.15, 0.2) is 0 Å². The van der Waals surface area contributed by atoms with Crippen molar-refractivity contribution >= 4 is 29.5 Å². The quantitative estimate of drug-likeness (QED) is 0.0465. The Morgan fingerprint density at radius 1 is 0.571 bits per heavy atom. The monoisotopic (exact) mass is 698 g/mol. The Bertz CT molecular complexity index is 922. The molecule has 0 aliphatic rings. The number of carbonyl (C=O) groups excluding carboxylic acids is 5. The number of amides is 5. The summed E-state index contributed by atoms with van der Waals surface area (Å²) in [5.41, 5.74) is 11.2. The number of unbranched alkanes of at least 4 members (excludes halogenated alkanes) is 14. The first-order valence-electron chi connectivity index (χ1n) is 18.9. The van der Waals surface area contributed by atoms with E-state index in [-0.39, 0.29) is 5.91 Å². The van der Waals surface area contributed by atoms with Gasteiger partial charge < -0.3 is 32.7 Å². The standard InChI is InChI=1S/C36H71N7O6/c1-6-7-8-9-10-11-12-13-14-15-16-17-18-25-32(44)41-30(23-19-21-26-37)35(47)40-28(2)33(45)39-29(3)34(46)42-31(24-20-22-27-38)36(48)43(4)49-5/h28-31H,6-27,37-38H2,1-5H3,(H,39,45)(H,40,47)(H,41,44)(H,42,46)/t28-,29-,30-,31-/m0/s1. The van der Waals surface area contributed by atoms with Gasteiger partial charge in [0.2, 0.25) is 23.6 Å². The lowest BCUT2D eigenvalue weighted by Crippen LogP contribution is -2.56. The van der Waals surface area contributed by atoms with E-state index in [0.29, 0.717) is 58.0 Å². The first-order chi connectivity index (χ1) is 23.5. The highest BCUT2D eigenvalue weighted by Crippen LogP contribution is 2.13. The average Bonchev–Trinajstić information content (AvgIpc) is 3.08. The Kier molecular flexibility index (Phi) is 28.4. The topological polar surface area (TPSA) is 198 Å². The molecule has 0 saturated carbocycles. The van der Waals surface area contributed by atoms with Gasteiger partial charge >= 0.3 is 0 Å². The highest BCUT2D eigenvalue weighted by molar-refractivity contribution is 5.95. The zero-order valence-electron chi connectivity index (χ0n) is 31.4. The summed E-state index contributed by atoms with van der Waals surface area (Å²) in [6.07, 6.45) is 19.6. The van der Waals surface area contributed by atoms with Crippen LogP contribution in [0.25, 0.3) is 0 Å². The maximum atomic E-state index is 13.2. The molecule has 0 aromatic carbocycles. The number of carbonyl (C=O) groups is 5. The van der Waals surface area contributed by atoms with Crippen molar-refractivity contribution in [2.45, 2.75) is 173 Å². The lowest BCUT2D eigenvalue weighted by Gasteiger charge is -2.25. The zero-order valence-corrected chi connectivity index (χ0v) is 31.4. The molecule has 0 spiro atoms. The van der Waals surface area contributed by atoms with Crippen LogP contribution in [0.2, 0.25) is 0 Å². The molecular formula is C36H71N7O6. The molecule has 0 saturated heterocycles. The third kappa shape index (κ3) is 23.3. The van der Waals surface area contributed by atoms with Gasteiger partial charge in [-0.1, -0.05) is 84.0 Å². The van der Waals surface area contributed by atoms with Crippen LogP contribution in [-0.4, -0.2) is 86.0 Å². The Morgan fingerprint density at radius 3 is 1.47 bits per heavy atom. The van der Waals surface area contributed by atoms with Crippen molar-refractivity contribution in [3.05, 3.63) is 0 Å². The molecule has 8 N–H and O–H groups in total. The first kappa shape index (κ1) is 46.2. The number of hydrogen-bond acceptors (Lipinski definition) is 8. The molecule has 4 atom stereocenters. The Labute approximate surface area is 296 Å². The molecule has 0 bridgehead atoms. The van der Waals surface area contributed by atoms with E-state index in [1.54, 1.807) is 0 Å². The lowest BCUT2D eigenvalue weighted by molar-refractivity contribution is -0.171. The predicted octanol–water partition coefficient (Wildman–Crippen LogP) is 3.72. The normalized spacial score (nSPS) is 13.5. The molecule has 13 heteroatoms. The molecule has 0 aliphatic carbocycles. The zero-order chi connectivity index (χ0) is 36.9. The van der Waals surface area contributed by atoms with Gasteiger partial charge in [-0.25, -0.2) is 5.06 Å². The second-order valence-electron chi connectivity index (χ2n) is 13.2. The number of hydrogen-bond donors (Lipinski definition) is 6. The van der Waals surface area contributed by atoms with Crippen molar-refractivity contribution in [2.75, 3.05) is 27.2 Å². The van der Waals surface area contributed by atoms with Gasteiger partial charge in [-0.3, -0.25) is 28.8 Å². The van der Waals surface area contributed by atoms with Crippen LogP contribution >= 0.6 is 0 Å². The predicted molar refractivity (Wildman–Crippen MR) is 195 cm³/mol. The van der Waals surface area contributed by atoms with E-state index in [1.807, 2.05) is 0 Å². The van der Waals surface area contributed by atoms with Crippen LogP contribution in [0, 0.1) is 0 Å². The van der Waals surface area contributed by atoms with Crippen LogP contribution in [-0.2, 0) is 28.8 Å². The maximum Gasteiger partial charge on any atom is 0.268 e. The van der Waals surface area contributed by atoms with Crippen molar-refractivity contribution in [1.82, 2.24) is 26.3 Å². The molecule has 0 aromatic heterocycles. The van der Waals surface area contributed by atoms with Gasteiger partial charge in [0.1, 0.15) is 24.2 Å². The Balaban J connectivity index is 4.75. The SMILES string of the molecule is CCCCCCCCCCCCCCCC(=O)N[C@@H](CCCCN)C(=O)N[C@@H](C)C(=O)N[C@@H](C)C(=O)N[C@@H](CCCCN)C(=O)N(C)OC. The van der Waals surface area contributed by atoms with E-state index in [9.17, 15) is 24.0 Å². The van der Waals surface area contributed by atoms with Crippen molar-refractivity contribution in [3.8, 4) is 0 Å². The summed E-state index contributed by atoms with van der Waals surface area (Å²) in [7, 11) is 2.80. The van der Waals surface area contributed by atoms with Gasteiger partial charge in [0.25, 0.3) is 5.91 Å². The molecule has 49 heavy (non-hydrogen) atoms. The fourth-order valence-electron chi connectivity index (χ4n) is 5.47. The molecule has 0 fully saturated rings. The van der Waals surface area contributed by atoms with Crippen molar-refractivity contribution < 1.29 is 28.8 Å². The molecule has 5 amide bonds. The van der Waals surface area contributed by atoms with Crippen molar-refractivity contribution in [2.24, 2.45) is 11.5 Å². The molecular weight excluding hydrogens is 626 g/mol. The van der Waals surface area contributed by atoms with Gasteiger partial charge in [-0.05, 0) is 71.9 Å². The van der Waals surface area contributed by atoms with E-state index in [0.717, 1.165) is 24.3 Å². The second-order valence-corrected chi connectivity index (χ2v) is 13.2. The summed E-state index contributed by atoms with van der Waals surface area (Å²) in [4.78, 5) is 69.3. The van der Waals surface area contributed by atoms with Crippen LogP contribution in [0.5, 0.6) is 0 Å². The van der Waals surface area contributed by atoms with E-state index >= 15 is 0 Å². The molecule has 0 unspecified atom stereocenters. The molecule has 286 valence electrons. The Morgan fingerprint density at radius 2 is 1.00 bits per heavy atom. The number of rotatable bonds is 31. The van der Waals surface area contributed by atoms with Crippen molar-refractivity contribution in [3.63, 3.8) is 0 Å². The summed E-state index contributed by atoms with van der Waals surface area (Å²) < 4.78 is 0. The van der Waals surface area contributed by atoms with Gasteiger partial charge in [-0.15, -0.1) is 0 Å². The minimum absolute atomic E-state index is 0.187. The van der Waals surface area contributed by atoms with Gasteiger partial charge in [0.05, 0.1) is 7.11 Å². The number of nitrogens with one attached hydrogen (secondary N) is 4. The summed E-state index contributed by atoms with van der Waals surface area (Å²) in [5, 5.41) is 11.8. The molecule has 0 radical (unpaired) electrons. The maximum absolute atomic E-state index is 13.2. The van der Waals surface area contributed by atoms with E-state index in [2.05, 4.69) is 28.2 Å². The summed E-state index contributed by atoms with van der Waals surface area (Å²) in [6.45, 7) is 6.18. The fourth-order valence-corrected chi connectivity index (χ4v) is 5.47. The number of likely N-dealkylation sites (N-methyl/N-ethyl adjacent to an activating group) is 1. The molecule has 13 nitrogen and oxygen atoms in total. The first-order valence-corrected chi connectivity index (χ1v) is 18.9. The van der Waals surface area contributed by atoms with E-state index < -0.39 is 47.8 Å². The second kappa shape index (κ2) is 30.1. The van der Waals surface area contributed by atoms with Gasteiger partial charge in [-0.2, -0.15) is 0 Å². The third-order valence-corrected chi connectivity index (χ3v) is 8.76. The third-order valence-electron chi connectivity index (χ3n) is 8.76. The van der Waals surface area contributed by atoms with Crippen LogP contribution < -0.4 is 32.7 Å². The lowest BCUT2D eigenvalue weighted by atomic mass is 10.0. The van der Waals surface area contributed by atoms with Crippen LogP contribution in [0.3, 0.4) is 0 Å². The molecule has 0 heterocycles. The summed E-state index contributed by atoms with van der Waals surface area (Å²) >= 11 is 0. The number of nitrogens with two attached hydrogens (primary N) is 2. The highest BCUT2D eigenvalue weighted by atomic mass is 16.7. The number of nitrogens with zero attached hydrogens (tertiary/aromatic N) is 1. The fraction of sp³-hybridized carbons (Fsp3) is 0.861. The van der Waals surface area contributed by atoms with Crippen LogP contribution in [0.1, 0.15) is 149 Å². The van der Waals surface area contributed by atoms with E-state index in [1.165, 1.54) is 92.2 Å². The average molecular weight is 698 g/mol. The number of hydroxylamine groups is 2. The molecule has 0 rings (SSSR count). The van der Waals surface area contributed by atoms with Crippen LogP contribution in [0.4, 0.5) is 0 Å². The Hall–Kier alpha value is -2.77. The largest absolute Gasteiger partial charge is 0.344 e. The summed E-state index contributed by atoms with van der Waals surface area (Å²) in [5.74, 6) is -2.21. The molecule has 0 aromatic rings. The van der Waals surface area contributed by atoms with Crippen molar-refractivity contribution in [1.29, 1.82) is 0 Å². The van der Waals surface area contributed by atoms with E-state index in [4.69, 9.17) is 16.3 Å². The van der Waals surface area contributed by atoms with Gasteiger partial charge in [0, 0.05) is 13.5 Å². The molecule has 0 aliphatic heterocycles.